The van der Waals surface area contributed by atoms with Crippen LogP contribution in [-0.4, -0.2) is 66.0 Å². The van der Waals surface area contributed by atoms with Gasteiger partial charge in [0.05, 0.1) is 0 Å². The van der Waals surface area contributed by atoms with Gasteiger partial charge in [0.1, 0.15) is 0 Å². The first-order valence-electron chi connectivity index (χ1n) is 9.46. The Hall–Kier alpha value is -1.64. The van der Waals surface area contributed by atoms with Gasteiger partial charge in [-0.1, -0.05) is 6.42 Å². The third-order valence-corrected chi connectivity index (χ3v) is 5.40. The molecule has 2 amide bonds. The minimum atomic E-state index is 0. The van der Waals surface area contributed by atoms with Gasteiger partial charge in [-0.3, -0.25) is 9.59 Å². The van der Waals surface area contributed by atoms with Gasteiger partial charge in [-0.2, -0.15) is 0 Å². The zero-order valence-corrected chi connectivity index (χ0v) is 17.6. The summed E-state index contributed by atoms with van der Waals surface area (Å²) in [5, 5.41) is 2.92. The summed E-state index contributed by atoms with van der Waals surface area (Å²) < 4.78 is 0. The minimum absolute atomic E-state index is 0. The summed E-state index contributed by atoms with van der Waals surface area (Å²) >= 11 is 0. The van der Waals surface area contributed by atoms with Crippen molar-refractivity contribution in [2.75, 3.05) is 44.2 Å². The second-order valence-electron chi connectivity index (χ2n) is 6.99. The van der Waals surface area contributed by atoms with Gasteiger partial charge in [-0.05, 0) is 31.4 Å². The largest absolute Gasteiger partial charge is 0.355 e. The molecule has 3 N–H and O–H groups in total. The molecule has 1 saturated carbocycles. The number of anilines is 1. The average molecular weight is 433 g/mol. The van der Waals surface area contributed by atoms with Crippen molar-refractivity contribution in [3.05, 3.63) is 18.5 Å². The Morgan fingerprint density at radius 2 is 1.79 bits per heavy atom. The number of nitrogens with two attached hydrogens (primary N) is 1. The van der Waals surface area contributed by atoms with Gasteiger partial charge >= 0.3 is 0 Å². The predicted molar refractivity (Wildman–Crippen MR) is 113 cm³/mol. The number of carbonyl (C=O) groups is 2. The summed E-state index contributed by atoms with van der Waals surface area (Å²) in [6.45, 7) is 3.72. The summed E-state index contributed by atoms with van der Waals surface area (Å²) in [7, 11) is 0. The fourth-order valence-electron chi connectivity index (χ4n) is 3.86. The van der Waals surface area contributed by atoms with Gasteiger partial charge in [0, 0.05) is 57.5 Å². The molecule has 10 heteroatoms. The van der Waals surface area contributed by atoms with Crippen molar-refractivity contribution in [2.45, 2.75) is 25.7 Å². The maximum Gasteiger partial charge on any atom is 0.225 e. The summed E-state index contributed by atoms with van der Waals surface area (Å²) in [5.74, 6) is 1.15. The SMILES string of the molecule is Cl.Cl.NC[C@H]1CCC[C@H]1C(=O)NCCC(=O)N1CCN(c2ncccn2)CC1. The van der Waals surface area contributed by atoms with E-state index >= 15 is 0 Å². The van der Waals surface area contributed by atoms with Crippen molar-refractivity contribution in [1.82, 2.24) is 20.2 Å². The maximum atomic E-state index is 12.4. The molecule has 158 valence electrons. The van der Waals surface area contributed by atoms with E-state index in [0.717, 1.165) is 32.4 Å². The van der Waals surface area contributed by atoms with Crippen molar-refractivity contribution in [3.8, 4) is 0 Å². The number of halogens is 2. The van der Waals surface area contributed by atoms with E-state index in [4.69, 9.17) is 5.73 Å². The molecule has 0 radical (unpaired) electrons. The van der Waals surface area contributed by atoms with E-state index in [1.807, 2.05) is 4.90 Å². The Morgan fingerprint density at radius 1 is 1.11 bits per heavy atom. The van der Waals surface area contributed by atoms with Crippen molar-refractivity contribution >= 4 is 42.6 Å². The highest BCUT2D eigenvalue weighted by Crippen LogP contribution is 2.30. The highest BCUT2D eigenvalue weighted by Gasteiger charge is 2.31. The third-order valence-electron chi connectivity index (χ3n) is 5.40. The maximum absolute atomic E-state index is 12.4. The first-order chi connectivity index (χ1) is 12.7. The Kier molecular flexibility index (Phi) is 10.5. The van der Waals surface area contributed by atoms with E-state index in [2.05, 4.69) is 20.2 Å². The number of nitrogens with zero attached hydrogens (tertiary/aromatic N) is 4. The van der Waals surface area contributed by atoms with Crippen molar-refractivity contribution < 1.29 is 9.59 Å². The molecule has 2 fully saturated rings. The molecule has 3 rings (SSSR count). The van der Waals surface area contributed by atoms with Crippen LogP contribution in [0.3, 0.4) is 0 Å². The van der Waals surface area contributed by atoms with E-state index in [0.29, 0.717) is 44.5 Å². The minimum Gasteiger partial charge on any atom is -0.355 e. The van der Waals surface area contributed by atoms with Crippen LogP contribution < -0.4 is 16.0 Å². The summed E-state index contributed by atoms with van der Waals surface area (Å²) in [5.41, 5.74) is 5.74. The molecule has 2 atom stereocenters. The second-order valence-corrected chi connectivity index (χ2v) is 6.99. The average Bonchev–Trinajstić information content (AvgIpc) is 3.17. The van der Waals surface area contributed by atoms with Gasteiger partial charge in [-0.15, -0.1) is 24.8 Å². The van der Waals surface area contributed by atoms with Crippen LogP contribution in [-0.2, 0) is 9.59 Å². The first-order valence-corrected chi connectivity index (χ1v) is 9.46. The molecule has 1 aliphatic carbocycles. The standard InChI is InChI=1S/C18H28N6O2.2ClH/c19-13-14-3-1-4-15(14)17(26)20-8-5-16(25)23-9-11-24(12-10-23)18-21-6-2-7-22-18;;/h2,6-7,14-15H,1,3-5,8-13,19H2,(H,20,26);2*1H/t14-,15-;;/m1../s1. The van der Waals surface area contributed by atoms with E-state index in [9.17, 15) is 9.59 Å². The molecule has 2 aliphatic rings. The highest BCUT2D eigenvalue weighted by atomic mass is 35.5. The smallest absolute Gasteiger partial charge is 0.225 e. The van der Waals surface area contributed by atoms with Crippen LogP contribution in [0.5, 0.6) is 0 Å². The number of piperazine rings is 1. The summed E-state index contributed by atoms with van der Waals surface area (Å²) in [4.78, 5) is 37.1. The van der Waals surface area contributed by atoms with Gasteiger partial charge in [0.15, 0.2) is 0 Å². The monoisotopic (exact) mass is 432 g/mol. The lowest BCUT2D eigenvalue weighted by molar-refractivity contribution is -0.131. The van der Waals surface area contributed by atoms with Crippen LogP contribution in [0.25, 0.3) is 0 Å². The molecule has 8 nitrogen and oxygen atoms in total. The molecule has 0 aromatic carbocycles. The van der Waals surface area contributed by atoms with Crippen LogP contribution in [0.2, 0.25) is 0 Å². The summed E-state index contributed by atoms with van der Waals surface area (Å²) in [6.07, 6.45) is 6.79. The van der Waals surface area contributed by atoms with Gasteiger partial charge in [-0.25, -0.2) is 9.97 Å². The molecule has 1 aliphatic heterocycles. The number of rotatable bonds is 6. The normalized spacial score (nSPS) is 21.5. The van der Waals surface area contributed by atoms with E-state index < -0.39 is 0 Å². The molecule has 1 aromatic heterocycles. The first kappa shape index (κ1) is 24.4. The predicted octanol–water partition coefficient (Wildman–Crippen LogP) is 0.850. The van der Waals surface area contributed by atoms with Crippen LogP contribution in [0, 0.1) is 11.8 Å². The number of amides is 2. The number of hydrogen-bond donors (Lipinski definition) is 2. The lowest BCUT2D eigenvalue weighted by Crippen LogP contribution is -2.49. The molecule has 0 spiro atoms. The van der Waals surface area contributed by atoms with Crippen LogP contribution >= 0.6 is 24.8 Å². The van der Waals surface area contributed by atoms with E-state index in [1.54, 1.807) is 18.5 Å². The van der Waals surface area contributed by atoms with Crippen molar-refractivity contribution in [1.29, 1.82) is 0 Å². The number of aromatic nitrogens is 2. The van der Waals surface area contributed by atoms with Gasteiger partial charge < -0.3 is 20.9 Å². The number of nitrogens with one attached hydrogen (secondary N) is 1. The zero-order valence-electron chi connectivity index (χ0n) is 16.0. The Bertz CT molecular complexity index is 613. The van der Waals surface area contributed by atoms with Crippen molar-refractivity contribution in [3.63, 3.8) is 0 Å². The van der Waals surface area contributed by atoms with E-state index in [-0.39, 0.29) is 42.5 Å². The molecule has 2 heterocycles. The highest BCUT2D eigenvalue weighted by molar-refractivity contribution is 5.85. The molecule has 0 bridgehead atoms. The molecule has 0 unspecified atom stereocenters. The van der Waals surface area contributed by atoms with Crippen LogP contribution in [0.4, 0.5) is 5.95 Å². The fourth-order valence-corrected chi connectivity index (χ4v) is 3.86. The Balaban J connectivity index is 0.00000196. The number of carbonyl (C=O) groups excluding carboxylic acids is 2. The Labute approximate surface area is 178 Å². The molecular formula is C18H30Cl2N6O2. The van der Waals surface area contributed by atoms with Crippen LogP contribution in [0.15, 0.2) is 18.5 Å². The zero-order chi connectivity index (χ0) is 18.4. The third kappa shape index (κ3) is 6.18. The number of hydrogen-bond acceptors (Lipinski definition) is 6. The molecule has 28 heavy (non-hydrogen) atoms. The topological polar surface area (TPSA) is 104 Å². The van der Waals surface area contributed by atoms with E-state index in [1.165, 1.54) is 0 Å². The summed E-state index contributed by atoms with van der Waals surface area (Å²) in [6, 6.07) is 1.79. The van der Waals surface area contributed by atoms with Gasteiger partial charge in [0.25, 0.3) is 0 Å². The second kappa shape index (κ2) is 12.0. The fraction of sp³-hybridized carbons (Fsp3) is 0.667. The lowest BCUT2D eigenvalue weighted by atomic mass is 9.95. The quantitative estimate of drug-likeness (QED) is 0.690. The lowest BCUT2D eigenvalue weighted by Gasteiger charge is -2.34. The van der Waals surface area contributed by atoms with Gasteiger partial charge in [0.2, 0.25) is 17.8 Å². The van der Waals surface area contributed by atoms with Crippen molar-refractivity contribution in [2.24, 2.45) is 17.6 Å². The van der Waals surface area contributed by atoms with Crippen LogP contribution in [0.1, 0.15) is 25.7 Å². The molecule has 1 aromatic rings. The molecule has 1 saturated heterocycles. The molecular weight excluding hydrogens is 403 g/mol. The Morgan fingerprint density at radius 3 is 2.43 bits per heavy atom.